The highest BCUT2D eigenvalue weighted by Gasteiger charge is 2.19. The topological polar surface area (TPSA) is 105 Å². The maximum Gasteiger partial charge on any atom is 0.346 e. The molecule has 0 radical (unpaired) electrons. The van der Waals surface area contributed by atoms with Gasteiger partial charge in [-0.25, -0.2) is 9.78 Å². The fraction of sp³-hybridized carbons (Fsp3) is 0.143. The van der Waals surface area contributed by atoms with Crippen molar-refractivity contribution >= 4 is 45.7 Å². The smallest absolute Gasteiger partial charge is 0.346 e. The Labute approximate surface area is 221 Å². The van der Waals surface area contributed by atoms with E-state index in [1.807, 2.05) is 12.1 Å². The standard InChI is InChI=1S/C28H22ClN3O6/c1-16(28(34)36-3)37-22-12-11-18(29)13-17(22)15-30-32-26(31-21-8-5-4-7-19(21)27(32)33)25-14-20-23(35-2)9-6-10-24(20)38-25/h4-16H,1-3H3/t16-/m1/s1. The van der Waals surface area contributed by atoms with E-state index in [9.17, 15) is 9.59 Å². The number of carbonyl (C=O) groups is 1. The summed E-state index contributed by atoms with van der Waals surface area (Å²) < 4.78 is 23.2. The predicted octanol–water partition coefficient (Wildman–Crippen LogP) is 5.29. The summed E-state index contributed by atoms with van der Waals surface area (Å²) in [4.78, 5) is 30.1. The molecule has 0 fully saturated rings. The number of carbonyl (C=O) groups excluding carboxylic acids is 1. The Balaban J connectivity index is 1.67. The number of ether oxygens (including phenoxy) is 3. The van der Waals surface area contributed by atoms with Gasteiger partial charge in [-0.05, 0) is 55.5 Å². The molecule has 2 aromatic heterocycles. The molecule has 9 nitrogen and oxygen atoms in total. The first-order valence-electron chi connectivity index (χ1n) is 11.6. The van der Waals surface area contributed by atoms with Crippen LogP contribution in [0.1, 0.15) is 12.5 Å². The van der Waals surface area contributed by atoms with Crippen LogP contribution in [0.3, 0.4) is 0 Å². The zero-order chi connectivity index (χ0) is 26.8. The molecule has 38 heavy (non-hydrogen) atoms. The number of halogens is 1. The molecule has 5 aromatic rings. The summed E-state index contributed by atoms with van der Waals surface area (Å²) >= 11 is 6.22. The summed E-state index contributed by atoms with van der Waals surface area (Å²) in [6.07, 6.45) is 0.537. The summed E-state index contributed by atoms with van der Waals surface area (Å²) in [5, 5.41) is 5.98. The minimum absolute atomic E-state index is 0.190. The summed E-state index contributed by atoms with van der Waals surface area (Å²) in [6, 6.07) is 19.0. The molecule has 0 spiro atoms. The number of aromatic nitrogens is 2. The fourth-order valence-electron chi connectivity index (χ4n) is 3.96. The lowest BCUT2D eigenvalue weighted by Gasteiger charge is -2.14. The highest BCUT2D eigenvalue weighted by molar-refractivity contribution is 6.30. The number of hydrogen-bond acceptors (Lipinski definition) is 8. The summed E-state index contributed by atoms with van der Waals surface area (Å²) in [6.45, 7) is 1.56. The van der Waals surface area contributed by atoms with Crippen molar-refractivity contribution in [2.24, 2.45) is 5.10 Å². The largest absolute Gasteiger partial charge is 0.496 e. The van der Waals surface area contributed by atoms with E-state index in [0.29, 0.717) is 44.3 Å². The van der Waals surface area contributed by atoms with Crippen molar-refractivity contribution in [1.82, 2.24) is 9.66 Å². The molecule has 5 rings (SSSR count). The first-order valence-corrected chi connectivity index (χ1v) is 11.9. The molecule has 0 aliphatic rings. The van der Waals surface area contributed by atoms with Crippen LogP contribution in [0.4, 0.5) is 0 Å². The molecule has 0 unspecified atom stereocenters. The lowest BCUT2D eigenvalue weighted by Crippen LogP contribution is -2.25. The Morgan fingerprint density at radius 2 is 1.87 bits per heavy atom. The number of furan rings is 1. The van der Waals surface area contributed by atoms with Gasteiger partial charge in [0.2, 0.25) is 5.82 Å². The number of nitrogens with zero attached hydrogens (tertiary/aromatic N) is 3. The normalized spacial score (nSPS) is 12.2. The third-order valence-electron chi connectivity index (χ3n) is 5.84. The van der Waals surface area contributed by atoms with Crippen LogP contribution in [0.25, 0.3) is 33.5 Å². The van der Waals surface area contributed by atoms with E-state index in [1.165, 1.54) is 13.3 Å². The lowest BCUT2D eigenvalue weighted by atomic mass is 10.2. The number of esters is 1. The van der Waals surface area contributed by atoms with Crippen LogP contribution in [0, 0.1) is 0 Å². The first-order chi connectivity index (χ1) is 18.4. The Bertz CT molecular complexity index is 1760. The van der Waals surface area contributed by atoms with Crippen LogP contribution in [-0.4, -0.2) is 42.2 Å². The number of hydrogen-bond donors (Lipinski definition) is 0. The van der Waals surface area contributed by atoms with Gasteiger partial charge in [0.1, 0.15) is 17.1 Å². The highest BCUT2D eigenvalue weighted by Crippen LogP contribution is 2.33. The average molecular weight is 532 g/mol. The van der Waals surface area contributed by atoms with Gasteiger partial charge in [0, 0.05) is 10.6 Å². The minimum atomic E-state index is -0.875. The van der Waals surface area contributed by atoms with Crippen molar-refractivity contribution in [1.29, 1.82) is 0 Å². The van der Waals surface area contributed by atoms with Crippen LogP contribution in [0.2, 0.25) is 5.02 Å². The SMILES string of the molecule is COC(=O)[C@@H](C)Oc1ccc(Cl)cc1C=Nn1c(-c2cc3c(OC)cccc3o2)nc2ccccc2c1=O. The number of fused-ring (bicyclic) bond motifs is 2. The maximum absolute atomic E-state index is 13.6. The monoisotopic (exact) mass is 531 g/mol. The summed E-state index contributed by atoms with van der Waals surface area (Å²) in [5.41, 5.74) is 1.09. The van der Waals surface area contributed by atoms with Crippen molar-refractivity contribution in [2.75, 3.05) is 14.2 Å². The van der Waals surface area contributed by atoms with Gasteiger partial charge < -0.3 is 18.6 Å². The molecule has 0 aliphatic carbocycles. The van der Waals surface area contributed by atoms with E-state index >= 15 is 0 Å². The van der Waals surface area contributed by atoms with Crippen molar-refractivity contribution in [3.8, 4) is 23.1 Å². The van der Waals surface area contributed by atoms with E-state index in [-0.39, 0.29) is 5.82 Å². The molecule has 192 valence electrons. The first kappa shape index (κ1) is 25.0. The second kappa shape index (κ2) is 10.4. The molecule has 3 aromatic carbocycles. The van der Waals surface area contributed by atoms with Gasteiger partial charge in [-0.3, -0.25) is 4.79 Å². The van der Waals surface area contributed by atoms with E-state index in [0.717, 1.165) is 10.1 Å². The minimum Gasteiger partial charge on any atom is -0.496 e. The van der Waals surface area contributed by atoms with Gasteiger partial charge in [0.15, 0.2) is 11.9 Å². The second-order valence-corrected chi connectivity index (χ2v) is 8.70. The third kappa shape index (κ3) is 4.71. The van der Waals surface area contributed by atoms with E-state index in [2.05, 4.69) is 10.1 Å². The van der Waals surface area contributed by atoms with Crippen molar-refractivity contribution in [3.63, 3.8) is 0 Å². The van der Waals surface area contributed by atoms with Gasteiger partial charge in [-0.1, -0.05) is 29.8 Å². The van der Waals surface area contributed by atoms with Gasteiger partial charge in [-0.15, -0.1) is 0 Å². The molecule has 0 saturated carbocycles. The van der Waals surface area contributed by atoms with E-state index in [1.54, 1.807) is 68.6 Å². The molecular weight excluding hydrogens is 510 g/mol. The average Bonchev–Trinajstić information content (AvgIpc) is 3.37. The Hall–Kier alpha value is -4.63. The van der Waals surface area contributed by atoms with Gasteiger partial charge in [0.25, 0.3) is 5.56 Å². The van der Waals surface area contributed by atoms with Crippen LogP contribution >= 0.6 is 11.6 Å². The van der Waals surface area contributed by atoms with Crippen molar-refractivity contribution < 1.29 is 23.4 Å². The quantitative estimate of drug-likeness (QED) is 0.207. The van der Waals surface area contributed by atoms with E-state index < -0.39 is 17.6 Å². The van der Waals surface area contributed by atoms with Crippen LogP contribution in [0.5, 0.6) is 11.5 Å². The molecule has 10 heteroatoms. The van der Waals surface area contributed by atoms with Crippen LogP contribution < -0.4 is 15.0 Å². The number of rotatable bonds is 7. The zero-order valence-electron chi connectivity index (χ0n) is 20.7. The van der Waals surface area contributed by atoms with Crippen LogP contribution in [-0.2, 0) is 9.53 Å². The molecule has 2 heterocycles. The maximum atomic E-state index is 13.6. The number of para-hydroxylation sites is 1. The van der Waals surface area contributed by atoms with Crippen molar-refractivity contribution in [2.45, 2.75) is 13.0 Å². The second-order valence-electron chi connectivity index (χ2n) is 8.26. The Kier molecular flexibility index (Phi) is 6.85. The molecule has 0 amide bonds. The summed E-state index contributed by atoms with van der Waals surface area (Å²) in [5.74, 6) is 0.923. The molecule has 1 atom stereocenters. The number of benzene rings is 3. The van der Waals surface area contributed by atoms with Crippen LogP contribution in [0.15, 0.2) is 81.0 Å². The van der Waals surface area contributed by atoms with Gasteiger partial charge >= 0.3 is 5.97 Å². The predicted molar refractivity (Wildman–Crippen MR) is 144 cm³/mol. The molecule has 0 bridgehead atoms. The molecule has 0 N–H and O–H groups in total. The fourth-order valence-corrected chi connectivity index (χ4v) is 4.15. The van der Waals surface area contributed by atoms with Gasteiger partial charge in [0.05, 0.1) is 36.7 Å². The van der Waals surface area contributed by atoms with Crippen molar-refractivity contribution in [3.05, 3.63) is 87.7 Å². The third-order valence-corrected chi connectivity index (χ3v) is 6.07. The molecular formula is C28H22ClN3O6. The number of methoxy groups -OCH3 is 2. The summed E-state index contributed by atoms with van der Waals surface area (Å²) in [7, 11) is 2.85. The van der Waals surface area contributed by atoms with Gasteiger partial charge in [-0.2, -0.15) is 9.78 Å². The Morgan fingerprint density at radius 1 is 1.05 bits per heavy atom. The Morgan fingerprint density at radius 3 is 2.66 bits per heavy atom. The highest BCUT2D eigenvalue weighted by atomic mass is 35.5. The lowest BCUT2D eigenvalue weighted by molar-refractivity contribution is -0.147. The van der Waals surface area contributed by atoms with E-state index in [4.69, 9.17) is 30.2 Å². The molecule has 0 aliphatic heterocycles. The molecule has 0 saturated heterocycles. The zero-order valence-corrected chi connectivity index (χ0v) is 21.4.